The van der Waals surface area contributed by atoms with Gasteiger partial charge in [0.1, 0.15) is 5.75 Å². The Hall–Kier alpha value is -2.63. The van der Waals surface area contributed by atoms with Crippen molar-refractivity contribution in [2.24, 2.45) is 0 Å². The number of hydrogen-bond donors (Lipinski definition) is 2. The van der Waals surface area contributed by atoms with Crippen LogP contribution in [0.15, 0.2) is 54.6 Å². The number of hydrogen-bond acceptors (Lipinski definition) is 3. The summed E-state index contributed by atoms with van der Waals surface area (Å²) in [6.07, 6.45) is 0. The summed E-state index contributed by atoms with van der Waals surface area (Å²) >= 11 is 0. The van der Waals surface area contributed by atoms with E-state index < -0.39 is 6.61 Å². The molecule has 4 nitrogen and oxygen atoms in total. The zero-order chi connectivity index (χ0) is 14.4. The highest BCUT2D eigenvalue weighted by Crippen LogP contribution is 2.14. The molecule has 0 aromatic heterocycles. The van der Waals surface area contributed by atoms with Crippen LogP contribution >= 0.6 is 0 Å². The van der Waals surface area contributed by atoms with Crippen molar-refractivity contribution in [1.82, 2.24) is 5.43 Å². The number of hydrazine groups is 1. The van der Waals surface area contributed by atoms with Crippen LogP contribution in [-0.4, -0.2) is 12.5 Å². The highest BCUT2D eigenvalue weighted by molar-refractivity contribution is 5.94. The second-order valence-corrected chi connectivity index (χ2v) is 3.85. The fourth-order valence-electron chi connectivity index (χ4n) is 1.51. The van der Waals surface area contributed by atoms with Crippen molar-refractivity contribution in [3.8, 4) is 5.75 Å². The summed E-state index contributed by atoms with van der Waals surface area (Å²) in [5.41, 5.74) is 6.30. The predicted octanol–water partition coefficient (Wildman–Crippen LogP) is 3.04. The van der Waals surface area contributed by atoms with Gasteiger partial charge in [0.2, 0.25) is 0 Å². The first-order valence-corrected chi connectivity index (χ1v) is 5.81. The Labute approximate surface area is 114 Å². The van der Waals surface area contributed by atoms with Gasteiger partial charge in [0, 0.05) is 5.56 Å². The highest BCUT2D eigenvalue weighted by Gasteiger charge is 2.07. The zero-order valence-electron chi connectivity index (χ0n) is 10.3. The first-order chi connectivity index (χ1) is 9.65. The minimum absolute atomic E-state index is 0.00701. The lowest BCUT2D eigenvalue weighted by Gasteiger charge is -2.09. The summed E-state index contributed by atoms with van der Waals surface area (Å²) in [5, 5.41) is 0. The SMILES string of the molecule is O=C(NNc1ccccc1)c1ccc(OC(F)F)cc1. The largest absolute Gasteiger partial charge is 0.435 e. The Bertz CT molecular complexity index is 559. The van der Waals surface area contributed by atoms with E-state index in [4.69, 9.17) is 0 Å². The van der Waals surface area contributed by atoms with Crippen LogP contribution in [0.2, 0.25) is 0 Å². The van der Waals surface area contributed by atoms with Crippen molar-refractivity contribution in [2.75, 3.05) is 5.43 Å². The standard InChI is InChI=1S/C14H12F2N2O2/c15-14(16)20-12-8-6-10(7-9-12)13(19)18-17-11-4-2-1-3-5-11/h1-9,14,17H,(H,18,19). The van der Waals surface area contributed by atoms with Gasteiger partial charge in [-0.05, 0) is 36.4 Å². The van der Waals surface area contributed by atoms with Gasteiger partial charge in [-0.1, -0.05) is 18.2 Å². The van der Waals surface area contributed by atoms with Gasteiger partial charge in [0.15, 0.2) is 0 Å². The summed E-state index contributed by atoms with van der Waals surface area (Å²) in [5.74, 6) is -0.370. The number of rotatable bonds is 5. The third kappa shape index (κ3) is 3.94. The quantitative estimate of drug-likeness (QED) is 0.826. The fourth-order valence-corrected chi connectivity index (χ4v) is 1.51. The molecule has 20 heavy (non-hydrogen) atoms. The van der Waals surface area contributed by atoms with Crippen molar-refractivity contribution in [3.63, 3.8) is 0 Å². The number of nitrogens with one attached hydrogen (secondary N) is 2. The monoisotopic (exact) mass is 278 g/mol. The van der Waals surface area contributed by atoms with Gasteiger partial charge in [0.25, 0.3) is 5.91 Å². The zero-order valence-corrected chi connectivity index (χ0v) is 10.3. The van der Waals surface area contributed by atoms with Crippen LogP contribution in [0.4, 0.5) is 14.5 Å². The van der Waals surface area contributed by atoms with Crippen LogP contribution in [-0.2, 0) is 0 Å². The molecule has 0 aliphatic carbocycles. The van der Waals surface area contributed by atoms with E-state index in [0.29, 0.717) is 5.56 Å². The average molecular weight is 278 g/mol. The van der Waals surface area contributed by atoms with E-state index >= 15 is 0 Å². The molecule has 6 heteroatoms. The maximum atomic E-state index is 12.0. The van der Waals surface area contributed by atoms with E-state index in [1.807, 2.05) is 18.2 Å². The number of carbonyl (C=O) groups is 1. The van der Waals surface area contributed by atoms with Gasteiger partial charge >= 0.3 is 6.61 Å². The van der Waals surface area contributed by atoms with Crippen molar-refractivity contribution in [2.45, 2.75) is 6.61 Å². The van der Waals surface area contributed by atoms with Gasteiger partial charge in [-0.25, -0.2) is 0 Å². The molecule has 2 aromatic rings. The third-order valence-electron chi connectivity index (χ3n) is 2.44. The normalized spacial score (nSPS) is 10.2. The second kappa shape index (κ2) is 6.51. The molecule has 1 amide bonds. The van der Waals surface area contributed by atoms with Gasteiger partial charge in [-0.2, -0.15) is 8.78 Å². The first kappa shape index (κ1) is 13.8. The Morgan fingerprint density at radius 1 is 1.00 bits per heavy atom. The van der Waals surface area contributed by atoms with Crippen LogP contribution in [0.5, 0.6) is 5.75 Å². The summed E-state index contributed by atoms with van der Waals surface area (Å²) in [6.45, 7) is -2.88. The lowest BCUT2D eigenvalue weighted by Crippen LogP contribution is -2.29. The molecule has 0 heterocycles. The van der Waals surface area contributed by atoms with Crippen LogP contribution in [0.3, 0.4) is 0 Å². The molecule has 0 unspecified atom stereocenters. The fraction of sp³-hybridized carbons (Fsp3) is 0.0714. The molecule has 0 saturated heterocycles. The maximum Gasteiger partial charge on any atom is 0.387 e. The molecule has 0 radical (unpaired) electrons. The molecule has 0 aliphatic rings. The number of benzene rings is 2. The van der Waals surface area contributed by atoms with E-state index in [1.54, 1.807) is 12.1 Å². The lowest BCUT2D eigenvalue weighted by molar-refractivity contribution is -0.0498. The van der Waals surface area contributed by atoms with Crippen LogP contribution in [0.25, 0.3) is 0 Å². The number of alkyl halides is 2. The maximum absolute atomic E-state index is 12.0. The van der Waals surface area contributed by atoms with Crippen LogP contribution < -0.4 is 15.6 Å². The van der Waals surface area contributed by atoms with E-state index in [2.05, 4.69) is 15.6 Å². The van der Waals surface area contributed by atoms with E-state index in [0.717, 1.165) is 5.69 Å². The molecular formula is C14H12F2N2O2. The molecular weight excluding hydrogens is 266 g/mol. The summed E-state index contributed by atoms with van der Waals surface area (Å²) in [7, 11) is 0. The molecule has 2 N–H and O–H groups in total. The van der Waals surface area contributed by atoms with Gasteiger partial charge in [0.05, 0.1) is 5.69 Å². The lowest BCUT2D eigenvalue weighted by atomic mass is 10.2. The van der Waals surface area contributed by atoms with Crippen LogP contribution in [0, 0.1) is 0 Å². The summed E-state index contributed by atoms with van der Waals surface area (Å²) in [6, 6.07) is 14.5. The van der Waals surface area contributed by atoms with Crippen molar-refractivity contribution >= 4 is 11.6 Å². The molecule has 0 fully saturated rings. The minimum atomic E-state index is -2.88. The van der Waals surface area contributed by atoms with Crippen molar-refractivity contribution in [3.05, 3.63) is 60.2 Å². The Balaban J connectivity index is 1.92. The molecule has 0 saturated carbocycles. The summed E-state index contributed by atoms with van der Waals surface area (Å²) in [4.78, 5) is 11.8. The second-order valence-electron chi connectivity index (χ2n) is 3.85. The highest BCUT2D eigenvalue weighted by atomic mass is 19.3. The van der Waals surface area contributed by atoms with E-state index in [9.17, 15) is 13.6 Å². The topological polar surface area (TPSA) is 50.4 Å². The molecule has 0 atom stereocenters. The molecule has 2 rings (SSSR count). The number of halogens is 2. The van der Waals surface area contributed by atoms with Crippen molar-refractivity contribution < 1.29 is 18.3 Å². The van der Waals surface area contributed by atoms with Gasteiger partial charge in [-0.3, -0.25) is 15.6 Å². The van der Waals surface area contributed by atoms with E-state index in [1.165, 1.54) is 24.3 Å². The molecule has 0 spiro atoms. The van der Waals surface area contributed by atoms with Crippen molar-refractivity contribution in [1.29, 1.82) is 0 Å². The average Bonchev–Trinajstić information content (AvgIpc) is 2.46. The van der Waals surface area contributed by atoms with Gasteiger partial charge < -0.3 is 4.74 Å². The Kier molecular flexibility index (Phi) is 4.49. The number of para-hydroxylation sites is 1. The molecule has 2 aromatic carbocycles. The predicted molar refractivity (Wildman–Crippen MR) is 70.6 cm³/mol. The number of ether oxygens (including phenoxy) is 1. The third-order valence-corrected chi connectivity index (χ3v) is 2.44. The smallest absolute Gasteiger partial charge is 0.387 e. The molecule has 0 bridgehead atoms. The van der Waals surface area contributed by atoms with Gasteiger partial charge in [-0.15, -0.1) is 0 Å². The number of anilines is 1. The number of amides is 1. The number of carbonyl (C=O) groups excluding carboxylic acids is 1. The van der Waals surface area contributed by atoms with E-state index in [-0.39, 0.29) is 11.7 Å². The molecule has 0 aliphatic heterocycles. The Morgan fingerprint density at radius 3 is 2.25 bits per heavy atom. The van der Waals surface area contributed by atoms with Crippen LogP contribution in [0.1, 0.15) is 10.4 Å². The minimum Gasteiger partial charge on any atom is -0.435 e. The Morgan fingerprint density at radius 2 is 1.65 bits per heavy atom. The molecule has 104 valence electrons. The first-order valence-electron chi connectivity index (χ1n) is 5.81. The summed E-state index contributed by atoms with van der Waals surface area (Å²) < 4.78 is 28.2.